The third-order valence-corrected chi connectivity index (χ3v) is 7.02. The number of amides is 3. The number of hydrogen-bond donors (Lipinski definition) is 1. The van der Waals surface area contributed by atoms with Crippen molar-refractivity contribution in [3.8, 4) is 0 Å². The van der Waals surface area contributed by atoms with Gasteiger partial charge in [-0.1, -0.05) is 73.2 Å². The summed E-state index contributed by atoms with van der Waals surface area (Å²) in [6, 6.07) is 23.0. The van der Waals surface area contributed by atoms with Crippen LogP contribution in [-0.4, -0.2) is 27.9 Å². The van der Waals surface area contributed by atoms with Crippen LogP contribution in [0.15, 0.2) is 72.8 Å². The zero-order chi connectivity index (χ0) is 22.7. The number of nitrogens with one attached hydrogen (secondary N) is 1. The minimum Gasteiger partial charge on any atom is -0.356 e. The van der Waals surface area contributed by atoms with Gasteiger partial charge in [0.05, 0.1) is 5.69 Å². The molecule has 2 atom stereocenters. The number of urea groups is 1. The van der Waals surface area contributed by atoms with Gasteiger partial charge in [-0.25, -0.2) is 9.69 Å². The monoisotopic (exact) mass is 435 g/mol. The largest absolute Gasteiger partial charge is 0.356 e. The van der Waals surface area contributed by atoms with Crippen molar-refractivity contribution in [2.45, 2.75) is 38.8 Å². The predicted molar refractivity (Wildman–Crippen MR) is 129 cm³/mol. The Morgan fingerprint density at radius 1 is 0.970 bits per heavy atom. The first kappa shape index (κ1) is 19.8. The SMILES string of the molecule is CCc1ccccc1N1C(=O)[C@@H]2Cc3c([nH]c4ccccc34)[C@@H](c3cccc(C)c3)N2C1=O. The quantitative estimate of drug-likeness (QED) is 0.431. The number of H-pyrrole nitrogens is 1. The Balaban J connectivity index is 1.56. The first-order valence-corrected chi connectivity index (χ1v) is 11.5. The molecule has 0 unspecified atom stereocenters. The molecule has 0 aliphatic carbocycles. The van der Waals surface area contributed by atoms with Gasteiger partial charge in [-0.3, -0.25) is 9.69 Å². The van der Waals surface area contributed by atoms with E-state index in [1.807, 2.05) is 49.4 Å². The van der Waals surface area contributed by atoms with E-state index in [0.717, 1.165) is 45.3 Å². The highest BCUT2D eigenvalue weighted by molar-refractivity contribution is 6.22. The number of fused-ring (bicyclic) bond motifs is 4. The summed E-state index contributed by atoms with van der Waals surface area (Å²) in [7, 11) is 0. The van der Waals surface area contributed by atoms with Crippen LogP contribution < -0.4 is 4.90 Å². The molecule has 0 radical (unpaired) electrons. The highest BCUT2D eigenvalue weighted by atomic mass is 16.2. The molecule has 3 heterocycles. The van der Waals surface area contributed by atoms with Crippen molar-refractivity contribution in [1.82, 2.24) is 9.88 Å². The van der Waals surface area contributed by atoms with Crippen molar-refractivity contribution in [2.24, 2.45) is 0 Å². The summed E-state index contributed by atoms with van der Waals surface area (Å²) >= 11 is 0. The van der Waals surface area contributed by atoms with Crippen molar-refractivity contribution >= 4 is 28.5 Å². The van der Waals surface area contributed by atoms with E-state index in [0.29, 0.717) is 12.1 Å². The van der Waals surface area contributed by atoms with Gasteiger partial charge in [0.25, 0.3) is 5.91 Å². The fourth-order valence-corrected chi connectivity index (χ4v) is 5.51. The zero-order valence-electron chi connectivity index (χ0n) is 18.7. The molecule has 164 valence electrons. The summed E-state index contributed by atoms with van der Waals surface area (Å²) in [4.78, 5) is 34.5. The third kappa shape index (κ3) is 2.85. The molecule has 5 heteroatoms. The second-order valence-corrected chi connectivity index (χ2v) is 8.95. The first-order chi connectivity index (χ1) is 16.1. The topological polar surface area (TPSA) is 56.4 Å². The van der Waals surface area contributed by atoms with Crippen molar-refractivity contribution in [3.63, 3.8) is 0 Å². The number of aromatic nitrogens is 1. The van der Waals surface area contributed by atoms with Crippen LogP contribution in [0.4, 0.5) is 10.5 Å². The van der Waals surface area contributed by atoms with Gasteiger partial charge in [-0.2, -0.15) is 0 Å². The van der Waals surface area contributed by atoms with Crippen LogP contribution in [0, 0.1) is 6.92 Å². The van der Waals surface area contributed by atoms with Crippen molar-refractivity contribution in [3.05, 3.63) is 101 Å². The molecule has 5 nitrogen and oxygen atoms in total. The number of nitrogens with zero attached hydrogens (tertiary/aromatic N) is 2. The average molecular weight is 436 g/mol. The van der Waals surface area contributed by atoms with Crippen LogP contribution in [0.25, 0.3) is 10.9 Å². The van der Waals surface area contributed by atoms with Gasteiger partial charge in [0.2, 0.25) is 0 Å². The first-order valence-electron chi connectivity index (χ1n) is 11.5. The molecule has 2 aliphatic heterocycles. The number of carbonyl (C=O) groups is 2. The maximum absolute atomic E-state index is 13.9. The third-order valence-electron chi connectivity index (χ3n) is 7.02. The van der Waals surface area contributed by atoms with E-state index < -0.39 is 6.04 Å². The number of anilines is 1. The number of carbonyl (C=O) groups excluding carboxylic acids is 2. The summed E-state index contributed by atoms with van der Waals surface area (Å²) in [5, 5.41) is 1.12. The van der Waals surface area contributed by atoms with E-state index in [2.05, 4.69) is 42.2 Å². The number of rotatable bonds is 3. The lowest BCUT2D eigenvalue weighted by molar-refractivity contribution is -0.120. The Bertz CT molecular complexity index is 1420. The lowest BCUT2D eigenvalue weighted by Crippen LogP contribution is -2.44. The summed E-state index contributed by atoms with van der Waals surface area (Å²) in [6.45, 7) is 4.10. The van der Waals surface area contributed by atoms with Crippen LogP contribution in [0.1, 0.15) is 40.9 Å². The number of aromatic amines is 1. The minimum absolute atomic E-state index is 0.144. The normalized spacial score (nSPS) is 19.8. The van der Waals surface area contributed by atoms with Gasteiger partial charge in [0.1, 0.15) is 12.1 Å². The van der Waals surface area contributed by atoms with Crippen LogP contribution >= 0.6 is 0 Å². The molecule has 1 aromatic heterocycles. The van der Waals surface area contributed by atoms with E-state index in [9.17, 15) is 9.59 Å². The summed E-state index contributed by atoms with van der Waals surface area (Å²) in [5.74, 6) is -0.144. The van der Waals surface area contributed by atoms with E-state index in [1.54, 1.807) is 4.90 Å². The summed E-state index contributed by atoms with van der Waals surface area (Å²) in [6.07, 6.45) is 1.26. The number of para-hydroxylation sites is 2. The molecule has 0 saturated carbocycles. The lowest BCUT2D eigenvalue weighted by Gasteiger charge is -2.36. The fraction of sp³-hybridized carbons (Fsp3) is 0.214. The van der Waals surface area contributed by atoms with Crippen molar-refractivity contribution in [1.29, 1.82) is 0 Å². The molecule has 33 heavy (non-hydrogen) atoms. The van der Waals surface area contributed by atoms with Crippen molar-refractivity contribution in [2.75, 3.05) is 4.90 Å². The van der Waals surface area contributed by atoms with E-state index in [1.165, 1.54) is 4.90 Å². The average Bonchev–Trinajstić information content (AvgIpc) is 3.32. The maximum atomic E-state index is 13.9. The highest BCUT2D eigenvalue weighted by Gasteiger charge is 2.53. The molecule has 3 amide bonds. The Labute approximate surface area is 192 Å². The molecule has 1 fully saturated rings. The smallest absolute Gasteiger partial charge is 0.332 e. The van der Waals surface area contributed by atoms with Crippen LogP contribution in [-0.2, 0) is 17.6 Å². The van der Waals surface area contributed by atoms with E-state index in [4.69, 9.17) is 0 Å². The van der Waals surface area contributed by atoms with E-state index >= 15 is 0 Å². The molecule has 6 rings (SSSR count). The van der Waals surface area contributed by atoms with Crippen LogP contribution in [0.2, 0.25) is 0 Å². The maximum Gasteiger partial charge on any atom is 0.332 e. The van der Waals surface area contributed by atoms with Crippen LogP contribution in [0.5, 0.6) is 0 Å². The van der Waals surface area contributed by atoms with Gasteiger partial charge in [-0.15, -0.1) is 0 Å². The fourth-order valence-electron chi connectivity index (χ4n) is 5.51. The van der Waals surface area contributed by atoms with Gasteiger partial charge < -0.3 is 4.98 Å². The van der Waals surface area contributed by atoms with Gasteiger partial charge >= 0.3 is 6.03 Å². The number of imide groups is 1. The molecule has 0 bridgehead atoms. The van der Waals surface area contributed by atoms with Gasteiger partial charge in [0.15, 0.2) is 0 Å². The standard InChI is InChI=1S/C28H25N3O2/c1-3-18-10-4-7-14-23(18)31-27(32)24-16-21-20-12-5-6-13-22(20)29-25(21)26(30(24)28(31)33)19-11-8-9-17(2)15-19/h4-15,24,26,29H,3,16H2,1-2H3/t24-,26+/m0/s1. The number of aryl methyl sites for hydroxylation is 2. The van der Waals surface area contributed by atoms with Crippen LogP contribution in [0.3, 0.4) is 0 Å². The molecular weight excluding hydrogens is 410 g/mol. The Hall–Kier alpha value is -3.86. The van der Waals surface area contributed by atoms with Gasteiger partial charge in [0, 0.05) is 23.0 Å². The summed E-state index contributed by atoms with van der Waals surface area (Å²) < 4.78 is 0. The van der Waals surface area contributed by atoms with Crippen molar-refractivity contribution < 1.29 is 9.59 Å². The molecular formula is C28H25N3O2. The number of hydrogen-bond acceptors (Lipinski definition) is 2. The highest BCUT2D eigenvalue weighted by Crippen LogP contribution is 2.45. The molecule has 3 aromatic carbocycles. The second-order valence-electron chi connectivity index (χ2n) is 8.95. The second kappa shape index (κ2) is 7.34. The molecule has 1 saturated heterocycles. The van der Waals surface area contributed by atoms with E-state index in [-0.39, 0.29) is 18.0 Å². The molecule has 4 aromatic rings. The molecule has 0 spiro atoms. The number of benzene rings is 3. The summed E-state index contributed by atoms with van der Waals surface area (Å²) in [5.41, 5.74) is 7.00. The molecule has 2 aliphatic rings. The Morgan fingerprint density at radius 3 is 2.58 bits per heavy atom. The lowest BCUT2D eigenvalue weighted by atomic mass is 9.88. The minimum atomic E-state index is -0.528. The Morgan fingerprint density at radius 2 is 1.76 bits per heavy atom. The zero-order valence-corrected chi connectivity index (χ0v) is 18.7. The van der Waals surface area contributed by atoms with Gasteiger partial charge in [-0.05, 0) is 42.2 Å². The predicted octanol–water partition coefficient (Wildman–Crippen LogP) is 5.52. The molecule has 1 N–H and O–H groups in total. The Kier molecular flexibility index (Phi) is 4.40.